The van der Waals surface area contributed by atoms with Crippen molar-refractivity contribution in [1.82, 2.24) is 9.55 Å². The Morgan fingerprint density at radius 2 is 1.60 bits per heavy atom. The lowest BCUT2D eigenvalue weighted by atomic mass is 10.1. The molecule has 9 nitrogen and oxygen atoms in total. The van der Waals surface area contributed by atoms with Gasteiger partial charge in [-0.3, -0.25) is 19.0 Å². The Bertz CT molecular complexity index is 1010. The number of rotatable bonds is 5. The van der Waals surface area contributed by atoms with E-state index in [0.29, 0.717) is 11.0 Å². The fourth-order valence-corrected chi connectivity index (χ4v) is 3.80. The molecule has 30 heavy (non-hydrogen) atoms. The lowest BCUT2D eigenvalue weighted by Gasteiger charge is -2.24. The monoisotopic (exact) mass is 478 g/mol. The number of aromatic nitrogens is 2. The van der Waals surface area contributed by atoms with Crippen LogP contribution in [0.5, 0.6) is 0 Å². The van der Waals surface area contributed by atoms with Crippen molar-refractivity contribution in [3.63, 3.8) is 0 Å². The highest BCUT2D eigenvalue weighted by Crippen LogP contribution is 2.39. The second-order valence-electron chi connectivity index (χ2n) is 6.52. The molecule has 0 unspecified atom stereocenters. The molecule has 0 amide bonds. The average Bonchev–Trinajstić information content (AvgIpc) is 3.10. The summed E-state index contributed by atoms with van der Waals surface area (Å²) in [5, 5.41) is 0.525. The number of fused-ring (bicyclic) bond motifs is 1. The summed E-state index contributed by atoms with van der Waals surface area (Å²) in [6.07, 6.45) is -4.14. The fraction of sp³-hybridized carbons (Fsp3) is 0.444. The number of nitrogens with zero attached hydrogens (tertiary/aromatic N) is 2. The second-order valence-corrected chi connectivity index (χ2v) is 7.67. The summed E-state index contributed by atoms with van der Waals surface area (Å²) in [6, 6.07) is 3.06. The van der Waals surface area contributed by atoms with E-state index in [1.165, 1.54) is 37.5 Å². The van der Waals surface area contributed by atoms with E-state index >= 15 is 0 Å². The summed E-state index contributed by atoms with van der Waals surface area (Å²) in [5.41, 5.74) is 0.873. The summed E-state index contributed by atoms with van der Waals surface area (Å²) in [4.78, 5) is 38.9. The molecule has 1 aliphatic rings. The summed E-state index contributed by atoms with van der Waals surface area (Å²) < 4.78 is 23.2. The molecule has 1 aromatic carbocycles. The highest BCUT2D eigenvalue weighted by Gasteiger charge is 2.51. The largest absolute Gasteiger partial charge is 0.463 e. The molecular formula is C18H17Cl3N2O7. The molecule has 1 saturated heterocycles. The van der Waals surface area contributed by atoms with Crippen LogP contribution in [0.1, 0.15) is 27.0 Å². The molecule has 1 aromatic heterocycles. The van der Waals surface area contributed by atoms with Crippen LogP contribution in [0, 0.1) is 0 Å². The number of carbonyl (C=O) groups excluding carboxylic acids is 3. The first kappa shape index (κ1) is 22.6. The number of benzene rings is 1. The van der Waals surface area contributed by atoms with Crippen molar-refractivity contribution in [2.45, 2.75) is 45.3 Å². The SMILES string of the molecule is CC(=O)OC[C@H]1O[C@@H](n2c(Cl)nc3cc(Cl)c(Cl)cc32)[C@H](OC(C)=O)[C@@H]1OC(C)=O. The molecule has 3 rings (SSSR count). The molecule has 0 radical (unpaired) electrons. The molecule has 2 heterocycles. The van der Waals surface area contributed by atoms with Gasteiger partial charge < -0.3 is 18.9 Å². The third-order valence-corrected chi connectivity index (χ3v) is 5.27. The van der Waals surface area contributed by atoms with E-state index in [4.69, 9.17) is 53.8 Å². The Hall–Kier alpha value is -2.07. The van der Waals surface area contributed by atoms with Gasteiger partial charge in [-0.1, -0.05) is 23.2 Å². The molecule has 4 atom stereocenters. The smallest absolute Gasteiger partial charge is 0.303 e. The Morgan fingerprint density at radius 1 is 1.00 bits per heavy atom. The van der Waals surface area contributed by atoms with Crippen molar-refractivity contribution in [3.05, 3.63) is 27.5 Å². The van der Waals surface area contributed by atoms with Gasteiger partial charge in [-0.15, -0.1) is 0 Å². The number of halogens is 3. The van der Waals surface area contributed by atoms with E-state index in [1.54, 1.807) is 0 Å². The van der Waals surface area contributed by atoms with Crippen LogP contribution in [0.4, 0.5) is 0 Å². The van der Waals surface area contributed by atoms with Crippen LogP contribution in [0.25, 0.3) is 11.0 Å². The zero-order chi connectivity index (χ0) is 22.2. The molecule has 0 aliphatic carbocycles. The van der Waals surface area contributed by atoms with Crippen molar-refractivity contribution >= 4 is 63.7 Å². The Kier molecular flexibility index (Phi) is 6.76. The predicted octanol–water partition coefficient (Wildman–Crippen LogP) is 3.32. The van der Waals surface area contributed by atoms with Crippen LogP contribution in [0.15, 0.2) is 12.1 Å². The van der Waals surface area contributed by atoms with E-state index in [9.17, 15) is 14.4 Å². The van der Waals surface area contributed by atoms with Gasteiger partial charge in [-0.2, -0.15) is 0 Å². The summed E-state index contributed by atoms with van der Waals surface area (Å²) in [5.74, 6) is -1.83. The first-order chi connectivity index (χ1) is 14.1. The van der Waals surface area contributed by atoms with Gasteiger partial charge in [0.2, 0.25) is 5.28 Å². The lowest BCUT2D eigenvalue weighted by molar-refractivity contribution is -0.166. The molecule has 12 heteroatoms. The number of esters is 3. The van der Waals surface area contributed by atoms with Crippen molar-refractivity contribution in [2.75, 3.05) is 6.61 Å². The quantitative estimate of drug-likeness (QED) is 0.475. The van der Waals surface area contributed by atoms with Crippen LogP contribution < -0.4 is 0 Å². The first-order valence-corrected chi connectivity index (χ1v) is 9.87. The maximum Gasteiger partial charge on any atom is 0.303 e. The van der Waals surface area contributed by atoms with Crippen LogP contribution >= 0.6 is 34.8 Å². The highest BCUT2D eigenvalue weighted by atomic mass is 35.5. The minimum Gasteiger partial charge on any atom is -0.463 e. The molecule has 1 fully saturated rings. The van der Waals surface area contributed by atoms with Crippen LogP contribution in [0.3, 0.4) is 0 Å². The van der Waals surface area contributed by atoms with Gasteiger partial charge in [0.05, 0.1) is 21.1 Å². The third-order valence-electron chi connectivity index (χ3n) is 4.28. The fourth-order valence-electron chi connectivity index (χ4n) is 3.20. The van der Waals surface area contributed by atoms with Crippen LogP contribution in [-0.2, 0) is 33.3 Å². The first-order valence-electron chi connectivity index (χ1n) is 8.74. The van der Waals surface area contributed by atoms with Crippen molar-refractivity contribution in [1.29, 1.82) is 0 Å². The zero-order valence-electron chi connectivity index (χ0n) is 16.1. The maximum atomic E-state index is 11.8. The third kappa shape index (κ3) is 4.64. The number of hydrogen-bond donors (Lipinski definition) is 0. The minimum atomic E-state index is -1.10. The van der Waals surface area contributed by atoms with Crippen molar-refractivity contribution < 1.29 is 33.3 Å². The van der Waals surface area contributed by atoms with E-state index in [0.717, 1.165) is 0 Å². The normalized spacial score (nSPS) is 23.4. The van der Waals surface area contributed by atoms with Gasteiger partial charge in [-0.05, 0) is 23.7 Å². The Morgan fingerprint density at radius 3 is 2.20 bits per heavy atom. The second kappa shape index (κ2) is 8.97. The number of imidazole rings is 1. The van der Waals surface area contributed by atoms with Crippen LogP contribution in [-0.4, -0.2) is 52.4 Å². The highest BCUT2D eigenvalue weighted by molar-refractivity contribution is 6.42. The molecule has 0 saturated carbocycles. The minimum absolute atomic E-state index is 0.000182. The van der Waals surface area contributed by atoms with E-state index < -0.39 is 42.4 Å². The maximum absolute atomic E-state index is 11.8. The number of carbonyl (C=O) groups is 3. The van der Waals surface area contributed by atoms with Gasteiger partial charge in [0.15, 0.2) is 18.4 Å². The molecule has 1 aliphatic heterocycles. The molecule has 162 valence electrons. The van der Waals surface area contributed by atoms with Gasteiger partial charge >= 0.3 is 17.9 Å². The van der Waals surface area contributed by atoms with Crippen molar-refractivity contribution in [3.8, 4) is 0 Å². The Balaban J connectivity index is 2.09. The van der Waals surface area contributed by atoms with Gasteiger partial charge in [-0.25, -0.2) is 4.98 Å². The summed E-state index contributed by atoms with van der Waals surface area (Å²) >= 11 is 18.5. The lowest BCUT2D eigenvalue weighted by Crippen LogP contribution is -2.40. The van der Waals surface area contributed by atoms with E-state index in [-0.39, 0.29) is 21.9 Å². The molecule has 0 spiro atoms. The van der Waals surface area contributed by atoms with E-state index in [1.807, 2.05) is 0 Å². The van der Waals surface area contributed by atoms with Crippen LogP contribution in [0.2, 0.25) is 15.3 Å². The standard InChI is InChI=1S/C18H17Cl3N2O7/c1-7(24)27-6-14-15(28-8(2)25)16(29-9(3)26)17(30-14)23-13-5-11(20)10(19)4-12(13)22-18(23)21/h4-5,14-17H,6H2,1-3H3/t14-,15-,16-,17-/m1/s1. The average molecular weight is 480 g/mol. The molecule has 0 N–H and O–H groups in total. The molecule has 2 aromatic rings. The number of ether oxygens (including phenoxy) is 4. The van der Waals surface area contributed by atoms with Crippen molar-refractivity contribution in [2.24, 2.45) is 0 Å². The summed E-state index contributed by atoms with van der Waals surface area (Å²) in [7, 11) is 0. The molecule has 0 bridgehead atoms. The van der Waals surface area contributed by atoms with E-state index in [2.05, 4.69) is 4.98 Å². The topological polar surface area (TPSA) is 106 Å². The summed E-state index contributed by atoms with van der Waals surface area (Å²) in [6.45, 7) is 3.38. The molecular weight excluding hydrogens is 463 g/mol. The van der Waals surface area contributed by atoms with Gasteiger partial charge in [0.25, 0.3) is 0 Å². The predicted molar refractivity (Wildman–Crippen MR) is 106 cm³/mol. The Labute approximate surface area is 186 Å². The zero-order valence-corrected chi connectivity index (χ0v) is 18.3. The van der Waals surface area contributed by atoms with Gasteiger partial charge in [0, 0.05) is 20.8 Å². The van der Waals surface area contributed by atoms with Gasteiger partial charge in [0.1, 0.15) is 12.7 Å². The number of hydrogen-bond acceptors (Lipinski definition) is 8.